The number of hydrogen-bond acceptors (Lipinski definition) is 5. The lowest BCUT2D eigenvalue weighted by Crippen LogP contribution is -2.20. The maximum Gasteiger partial charge on any atom is 0.271 e. The fourth-order valence-corrected chi connectivity index (χ4v) is 2.35. The van der Waals surface area contributed by atoms with Gasteiger partial charge in [-0.2, -0.15) is 5.10 Å². The molecule has 24 heavy (non-hydrogen) atoms. The number of ether oxygens (including phenoxy) is 3. The minimum atomic E-state index is -0.298. The van der Waals surface area contributed by atoms with Gasteiger partial charge in [-0.05, 0) is 54.4 Å². The van der Waals surface area contributed by atoms with E-state index in [0.29, 0.717) is 23.5 Å². The van der Waals surface area contributed by atoms with Crippen LogP contribution in [0.25, 0.3) is 0 Å². The maximum absolute atomic E-state index is 12.3. The van der Waals surface area contributed by atoms with Gasteiger partial charge >= 0.3 is 0 Å². The summed E-state index contributed by atoms with van der Waals surface area (Å²) < 4.78 is 15.7. The molecule has 6 nitrogen and oxygen atoms in total. The molecule has 0 saturated heterocycles. The monoisotopic (exact) mass is 326 g/mol. The smallest absolute Gasteiger partial charge is 0.271 e. The van der Waals surface area contributed by atoms with Gasteiger partial charge in [-0.15, -0.1) is 0 Å². The third-order valence-corrected chi connectivity index (χ3v) is 3.69. The largest absolute Gasteiger partial charge is 0.497 e. The summed E-state index contributed by atoms with van der Waals surface area (Å²) in [5.41, 5.74) is 4.77. The number of hydrogen-bond donors (Lipinski definition) is 1. The van der Waals surface area contributed by atoms with Gasteiger partial charge in [0.05, 0.1) is 12.8 Å². The molecule has 6 heteroatoms. The van der Waals surface area contributed by atoms with Crippen LogP contribution in [-0.4, -0.2) is 25.5 Å². The van der Waals surface area contributed by atoms with Gasteiger partial charge in [0.15, 0.2) is 11.5 Å². The Morgan fingerprint density at radius 2 is 1.83 bits per heavy atom. The van der Waals surface area contributed by atoms with Gasteiger partial charge in [-0.1, -0.05) is 6.92 Å². The second kappa shape index (κ2) is 7.04. The first-order valence-corrected chi connectivity index (χ1v) is 7.62. The summed E-state index contributed by atoms with van der Waals surface area (Å²) in [5, 5.41) is 4.24. The SMILES string of the molecule is CC/C(=N\NC(=O)c1ccc2c(c1)OCO2)c1ccc(OC)cc1. The predicted octanol–water partition coefficient (Wildman–Crippen LogP) is 2.97. The summed E-state index contributed by atoms with van der Waals surface area (Å²) in [7, 11) is 1.62. The number of carbonyl (C=O) groups excluding carboxylic acids is 1. The molecule has 0 radical (unpaired) electrons. The van der Waals surface area contributed by atoms with E-state index in [2.05, 4.69) is 10.5 Å². The van der Waals surface area contributed by atoms with Gasteiger partial charge in [0.2, 0.25) is 6.79 Å². The highest BCUT2D eigenvalue weighted by molar-refractivity contribution is 6.02. The Morgan fingerprint density at radius 3 is 2.54 bits per heavy atom. The van der Waals surface area contributed by atoms with Crippen molar-refractivity contribution in [1.82, 2.24) is 5.43 Å². The molecule has 0 saturated carbocycles. The van der Waals surface area contributed by atoms with Gasteiger partial charge in [0, 0.05) is 5.56 Å². The molecule has 0 aromatic heterocycles. The number of nitrogens with one attached hydrogen (secondary N) is 1. The fraction of sp³-hybridized carbons (Fsp3) is 0.222. The van der Waals surface area contributed by atoms with E-state index in [1.807, 2.05) is 31.2 Å². The minimum absolute atomic E-state index is 0.177. The highest BCUT2D eigenvalue weighted by Gasteiger charge is 2.16. The highest BCUT2D eigenvalue weighted by atomic mass is 16.7. The van der Waals surface area contributed by atoms with Crippen molar-refractivity contribution in [3.63, 3.8) is 0 Å². The Morgan fingerprint density at radius 1 is 1.12 bits per heavy atom. The molecule has 0 fully saturated rings. The summed E-state index contributed by atoms with van der Waals surface area (Å²) in [4.78, 5) is 12.3. The summed E-state index contributed by atoms with van der Waals surface area (Å²) in [6.45, 7) is 2.16. The van der Waals surface area contributed by atoms with Crippen LogP contribution in [0.5, 0.6) is 17.2 Å². The van der Waals surface area contributed by atoms with Crippen molar-refractivity contribution in [2.75, 3.05) is 13.9 Å². The molecule has 2 aromatic carbocycles. The zero-order valence-electron chi connectivity index (χ0n) is 13.5. The molecular formula is C18H18N2O4. The van der Waals surface area contributed by atoms with Crippen molar-refractivity contribution >= 4 is 11.6 Å². The van der Waals surface area contributed by atoms with Crippen LogP contribution in [0.4, 0.5) is 0 Å². The Bertz CT molecular complexity index is 769. The summed E-state index contributed by atoms with van der Waals surface area (Å²) in [6.07, 6.45) is 0.688. The maximum atomic E-state index is 12.3. The Balaban J connectivity index is 1.73. The summed E-state index contributed by atoms with van der Waals surface area (Å²) in [6, 6.07) is 12.6. The van der Waals surface area contributed by atoms with Crippen molar-refractivity contribution in [2.45, 2.75) is 13.3 Å². The molecule has 0 unspecified atom stereocenters. The molecule has 3 rings (SSSR count). The predicted molar refractivity (Wildman–Crippen MR) is 89.9 cm³/mol. The number of amides is 1. The summed E-state index contributed by atoms with van der Waals surface area (Å²) >= 11 is 0. The van der Waals surface area contributed by atoms with Crippen LogP contribution in [0.2, 0.25) is 0 Å². The fourth-order valence-electron chi connectivity index (χ4n) is 2.35. The zero-order valence-corrected chi connectivity index (χ0v) is 13.5. The molecule has 0 spiro atoms. The molecule has 0 bridgehead atoms. The molecule has 1 aliphatic rings. The average Bonchev–Trinajstić information content (AvgIpc) is 3.10. The topological polar surface area (TPSA) is 69.2 Å². The van der Waals surface area contributed by atoms with Gasteiger partial charge in [0.25, 0.3) is 5.91 Å². The summed E-state index contributed by atoms with van der Waals surface area (Å²) in [5.74, 6) is 1.69. The van der Waals surface area contributed by atoms with E-state index in [1.165, 1.54) is 0 Å². The van der Waals surface area contributed by atoms with Crippen LogP contribution in [0.3, 0.4) is 0 Å². The molecular weight excluding hydrogens is 308 g/mol. The van der Waals surface area contributed by atoms with Crippen LogP contribution in [0.15, 0.2) is 47.6 Å². The number of rotatable bonds is 5. The van der Waals surface area contributed by atoms with E-state index in [9.17, 15) is 4.79 Å². The second-order valence-electron chi connectivity index (χ2n) is 5.15. The second-order valence-corrected chi connectivity index (χ2v) is 5.15. The van der Waals surface area contributed by atoms with Crippen LogP contribution in [0, 0.1) is 0 Å². The first-order valence-electron chi connectivity index (χ1n) is 7.62. The standard InChI is InChI=1S/C18H18N2O4/c1-3-15(12-4-7-14(22-2)8-5-12)19-20-18(21)13-6-9-16-17(10-13)24-11-23-16/h4-10H,3,11H2,1-2H3,(H,20,21)/b19-15+. The van der Waals surface area contributed by atoms with Gasteiger partial charge < -0.3 is 14.2 Å². The normalized spacial score (nSPS) is 12.8. The molecule has 0 atom stereocenters. The Labute approximate surface area is 140 Å². The minimum Gasteiger partial charge on any atom is -0.497 e. The molecule has 1 N–H and O–H groups in total. The number of carbonyl (C=O) groups is 1. The van der Waals surface area contributed by atoms with Gasteiger partial charge in [0.1, 0.15) is 5.75 Å². The van der Waals surface area contributed by atoms with E-state index in [-0.39, 0.29) is 12.7 Å². The van der Waals surface area contributed by atoms with Crippen molar-refractivity contribution in [1.29, 1.82) is 0 Å². The molecule has 2 aromatic rings. The van der Waals surface area contributed by atoms with Crippen molar-refractivity contribution in [2.24, 2.45) is 5.10 Å². The molecule has 124 valence electrons. The Hall–Kier alpha value is -3.02. The average molecular weight is 326 g/mol. The van der Waals surface area contributed by atoms with E-state index in [0.717, 1.165) is 17.0 Å². The van der Waals surface area contributed by atoms with E-state index >= 15 is 0 Å². The number of benzene rings is 2. The van der Waals surface area contributed by atoms with Crippen LogP contribution in [0.1, 0.15) is 29.3 Å². The lowest BCUT2D eigenvalue weighted by atomic mass is 10.1. The van der Waals surface area contributed by atoms with Crippen molar-refractivity contribution in [3.8, 4) is 17.2 Å². The Kier molecular flexibility index (Phi) is 4.65. The first kappa shape index (κ1) is 15.9. The van der Waals surface area contributed by atoms with Crippen LogP contribution >= 0.6 is 0 Å². The van der Waals surface area contributed by atoms with E-state index < -0.39 is 0 Å². The van der Waals surface area contributed by atoms with Crippen LogP contribution in [-0.2, 0) is 0 Å². The number of methoxy groups -OCH3 is 1. The third-order valence-electron chi connectivity index (χ3n) is 3.69. The zero-order chi connectivity index (χ0) is 16.9. The lowest BCUT2D eigenvalue weighted by Gasteiger charge is -2.07. The molecule has 1 aliphatic heterocycles. The highest BCUT2D eigenvalue weighted by Crippen LogP contribution is 2.32. The van der Waals surface area contributed by atoms with Crippen molar-refractivity contribution in [3.05, 3.63) is 53.6 Å². The molecule has 0 aliphatic carbocycles. The number of nitrogens with zero attached hydrogens (tertiary/aromatic N) is 1. The van der Waals surface area contributed by atoms with Crippen LogP contribution < -0.4 is 19.6 Å². The van der Waals surface area contributed by atoms with Gasteiger partial charge in [-0.25, -0.2) is 5.43 Å². The third kappa shape index (κ3) is 3.32. The lowest BCUT2D eigenvalue weighted by molar-refractivity contribution is 0.0954. The van der Waals surface area contributed by atoms with E-state index in [1.54, 1.807) is 25.3 Å². The van der Waals surface area contributed by atoms with Gasteiger partial charge in [-0.3, -0.25) is 4.79 Å². The molecule has 1 heterocycles. The number of hydrazone groups is 1. The molecule has 1 amide bonds. The van der Waals surface area contributed by atoms with Crippen molar-refractivity contribution < 1.29 is 19.0 Å². The first-order chi connectivity index (χ1) is 11.7. The van der Waals surface area contributed by atoms with E-state index in [4.69, 9.17) is 14.2 Å². The quantitative estimate of drug-likeness (QED) is 0.677. The number of fused-ring (bicyclic) bond motifs is 1.